The van der Waals surface area contributed by atoms with Gasteiger partial charge in [-0.2, -0.15) is 0 Å². The molecule has 0 aliphatic carbocycles. The van der Waals surface area contributed by atoms with Crippen LogP contribution >= 0.6 is 11.6 Å². The summed E-state index contributed by atoms with van der Waals surface area (Å²) >= 11 is 6.13. The fraction of sp³-hybridized carbons (Fsp3) is 0.115. The Morgan fingerprint density at radius 3 is 2.48 bits per heavy atom. The molecule has 0 spiro atoms. The Bertz CT molecular complexity index is 1320. The summed E-state index contributed by atoms with van der Waals surface area (Å²) in [5, 5.41) is 7.08. The lowest BCUT2D eigenvalue weighted by atomic mass is 10.0. The number of hydrogen-bond acceptors (Lipinski definition) is 5. The number of hydrogen-bond donors (Lipinski definition) is 1. The van der Waals surface area contributed by atoms with Crippen molar-refractivity contribution < 1.29 is 18.8 Å². The van der Waals surface area contributed by atoms with E-state index in [-0.39, 0.29) is 23.6 Å². The van der Waals surface area contributed by atoms with Gasteiger partial charge in [-0.1, -0.05) is 65.3 Å². The van der Waals surface area contributed by atoms with Crippen LogP contribution in [0.3, 0.4) is 0 Å². The van der Waals surface area contributed by atoms with Gasteiger partial charge in [0, 0.05) is 16.1 Å². The van der Waals surface area contributed by atoms with Crippen LogP contribution in [0.4, 0.5) is 5.69 Å². The van der Waals surface area contributed by atoms with Crippen LogP contribution in [-0.4, -0.2) is 16.8 Å². The molecule has 4 aromatic rings. The average Bonchev–Trinajstić information content (AvgIpc) is 3.20. The van der Waals surface area contributed by atoms with Crippen molar-refractivity contribution >= 4 is 29.0 Å². The zero-order valence-corrected chi connectivity index (χ0v) is 18.8. The molecule has 0 atom stereocenters. The molecule has 4 rings (SSSR count). The molecule has 0 saturated heterocycles. The molecule has 33 heavy (non-hydrogen) atoms. The second-order valence-electron chi connectivity index (χ2n) is 7.46. The van der Waals surface area contributed by atoms with Crippen LogP contribution in [0.2, 0.25) is 5.02 Å². The van der Waals surface area contributed by atoms with Gasteiger partial charge in [0.05, 0.1) is 11.3 Å². The maximum atomic E-state index is 13.1. The molecule has 0 aliphatic rings. The number of para-hydroxylation sites is 1. The maximum Gasteiger partial charge on any atom is 0.278 e. The van der Waals surface area contributed by atoms with Crippen molar-refractivity contribution in [3.8, 4) is 5.75 Å². The van der Waals surface area contributed by atoms with E-state index in [4.69, 9.17) is 20.9 Å². The monoisotopic (exact) mass is 460 g/mol. The largest absolute Gasteiger partial charge is 0.488 e. The Morgan fingerprint density at radius 1 is 1.00 bits per heavy atom. The number of rotatable bonds is 7. The zero-order chi connectivity index (χ0) is 23.4. The third-order valence-corrected chi connectivity index (χ3v) is 5.41. The molecular formula is C26H21ClN2O4. The lowest BCUT2D eigenvalue weighted by Gasteiger charge is -2.12. The minimum Gasteiger partial charge on any atom is -0.488 e. The van der Waals surface area contributed by atoms with Crippen LogP contribution in [-0.2, 0) is 6.61 Å². The Morgan fingerprint density at radius 2 is 1.73 bits per heavy atom. The van der Waals surface area contributed by atoms with E-state index < -0.39 is 5.91 Å². The van der Waals surface area contributed by atoms with Gasteiger partial charge in [0.2, 0.25) is 0 Å². The minimum absolute atomic E-state index is 0.0918. The van der Waals surface area contributed by atoms with E-state index in [9.17, 15) is 9.59 Å². The van der Waals surface area contributed by atoms with E-state index >= 15 is 0 Å². The van der Waals surface area contributed by atoms with E-state index in [2.05, 4.69) is 10.5 Å². The summed E-state index contributed by atoms with van der Waals surface area (Å²) in [5.41, 5.74) is 2.68. The third kappa shape index (κ3) is 4.96. The van der Waals surface area contributed by atoms with Crippen molar-refractivity contribution in [3.05, 3.63) is 112 Å². The summed E-state index contributed by atoms with van der Waals surface area (Å²) in [4.78, 5) is 26.1. The summed E-state index contributed by atoms with van der Waals surface area (Å²) in [6.45, 7) is 3.77. The number of benzene rings is 3. The first-order valence-corrected chi connectivity index (χ1v) is 10.7. The van der Waals surface area contributed by atoms with Gasteiger partial charge in [-0.15, -0.1) is 0 Å². The number of amides is 1. The molecule has 0 bridgehead atoms. The molecule has 0 unspecified atom stereocenters. The predicted molar refractivity (Wildman–Crippen MR) is 126 cm³/mol. The van der Waals surface area contributed by atoms with Gasteiger partial charge >= 0.3 is 0 Å². The number of nitrogens with one attached hydrogen (secondary N) is 1. The summed E-state index contributed by atoms with van der Waals surface area (Å²) in [7, 11) is 0. The summed E-state index contributed by atoms with van der Waals surface area (Å²) in [5.74, 6) is 0.413. The SMILES string of the molecule is Cc1ccccc1OCc1c(C(=O)Nc2ccc(Cl)cc2C(=O)c2ccccc2)noc1C. The average molecular weight is 461 g/mol. The Hall–Kier alpha value is -3.90. The molecule has 6 nitrogen and oxygen atoms in total. The van der Waals surface area contributed by atoms with Crippen LogP contribution < -0.4 is 10.1 Å². The second-order valence-corrected chi connectivity index (χ2v) is 7.90. The molecule has 166 valence electrons. The molecule has 0 aliphatic heterocycles. The highest BCUT2D eigenvalue weighted by Gasteiger charge is 2.23. The van der Waals surface area contributed by atoms with Gasteiger partial charge in [-0.05, 0) is 43.7 Å². The molecule has 1 N–H and O–H groups in total. The maximum absolute atomic E-state index is 13.1. The number of carbonyl (C=O) groups is 2. The fourth-order valence-corrected chi connectivity index (χ4v) is 3.52. The molecule has 0 radical (unpaired) electrons. The highest BCUT2D eigenvalue weighted by molar-refractivity contribution is 6.31. The van der Waals surface area contributed by atoms with E-state index in [0.29, 0.717) is 33.3 Å². The zero-order valence-electron chi connectivity index (χ0n) is 18.1. The van der Waals surface area contributed by atoms with E-state index in [0.717, 1.165) is 5.56 Å². The van der Waals surface area contributed by atoms with Gasteiger partial charge in [-0.3, -0.25) is 9.59 Å². The lowest BCUT2D eigenvalue weighted by molar-refractivity contribution is 0.101. The Labute approximate surface area is 196 Å². The first-order chi connectivity index (χ1) is 15.9. The van der Waals surface area contributed by atoms with Gasteiger partial charge in [-0.25, -0.2) is 0 Å². The van der Waals surface area contributed by atoms with Gasteiger partial charge in [0.1, 0.15) is 18.1 Å². The van der Waals surface area contributed by atoms with Crippen molar-refractivity contribution in [1.82, 2.24) is 5.16 Å². The van der Waals surface area contributed by atoms with Crippen LogP contribution in [0.1, 0.15) is 43.3 Å². The van der Waals surface area contributed by atoms with Gasteiger partial charge in [0.15, 0.2) is 11.5 Å². The number of ether oxygens (including phenoxy) is 1. The van der Waals surface area contributed by atoms with Crippen LogP contribution in [0, 0.1) is 13.8 Å². The lowest BCUT2D eigenvalue weighted by Crippen LogP contribution is -2.18. The quantitative estimate of drug-likeness (QED) is 0.342. The number of aromatic nitrogens is 1. The topological polar surface area (TPSA) is 81.4 Å². The molecule has 1 heterocycles. The second kappa shape index (κ2) is 9.71. The number of ketones is 1. The van der Waals surface area contributed by atoms with Crippen LogP contribution in [0.25, 0.3) is 0 Å². The van der Waals surface area contributed by atoms with E-state index in [1.807, 2.05) is 37.3 Å². The van der Waals surface area contributed by atoms with Crippen molar-refractivity contribution in [2.75, 3.05) is 5.32 Å². The Kier molecular flexibility index (Phi) is 6.56. The molecule has 1 aromatic heterocycles. The third-order valence-electron chi connectivity index (χ3n) is 5.18. The van der Waals surface area contributed by atoms with E-state index in [1.54, 1.807) is 43.3 Å². The number of nitrogens with zero attached hydrogens (tertiary/aromatic N) is 1. The smallest absolute Gasteiger partial charge is 0.278 e. The fourth-order valence-electron chi connectivity index (χ4n) is 3.35. The van der Waals surface area contributed by atoms with Crippen molar-refractivity contribution in [2.45, 2.75) is 20.5 Å². The van der Waals surface area contributed by atoms with Gasteiger partial charge < -0.3 is 14.6 Å². The van der Waals surface area contributed by atoms with Crippen molar-refractivity contribution in [3.63, 3.8) is 0 Å². The highest BCUT2D eigenvalue weighted by atomic mass is 35.5. The standard InChI is InChI=1S/C26H21ClN2O4/c1-16-8-6-7-11-23(16)32-15-21-17(2)33-29-24(21)26(31)28-22-13-12-19(27)14-20(22)25(30)18-9-4-3-5-10-18/h3-14H,15H2,1-2H3,(H,28,31). The molecule has 3 aromatic carbocycles. The summed E-state index contributed by atoms with van der Waals surface area (Å²) in [6.07, 6.45) is 0. The predicted octanol–water partition coefficient (Wildman–Crippen LogP) is 6.01. The first kappa shape index (κ1) is 22.3. The van der Waals surface area contributed by atoms with Crippen molar-refractivity contribution in [1.29, 1.82) is 0 Å². The first-order valence-electron chi connectivity index (χ1n) is 10.3. The van der Waals surface area contributed by atoms with Gasteiger partial charge in [0.25, 0.3) is 5.91 Å². The van der Waals surface area contributed by atoms with Crippen LogP contribution in [0.5, 0.6) is 5.75 Å². The minimum atomic E-state index is -0.514. The number of halogens is 1. The molecule has 1 amide bonds. The molecular weight excluding hydrogens is 440 g/mol. The van der Waals surface area contributed by atoms with Crippen LogP contribution in [0.15, 0.2) is 77.3 Å². The Balaban J connectivity index is 1.59. The highest BCUT2D eigenvalue weighted by Crippen LogP contribution is 2.26. The summed E-state index contributed by atoms with van der Waals surface area (Å²) in [6, 6.07) is 21.1. The number of carbonyl (C=O) groups excluding carboxylic acids is 2. The normalized spacial score (nSPS) is 10.6. The molecule has 7 heteroatoms. The van der Waals surface area contributed by atoms with Crippen molar-refractivity contribution in [2.24, 2.45) is 0 Å². The number of aryl methyl sites for hydroxylation is 2. The molecule has 0 saturated carbocycles. The molecule has 0 fully saturated rings. The van der Waals surface area contributed by atoms with E-state index in [1.165, 1.54) is 6.07 Å². The number of anilines is 1. The summed E-state index contributed by atoms with van der Waals surface area (Å²) < 4.78 is 11.1.